The fraction of sp³-hybridized carbons (Fsp3) is 0.273. The summed E-state index contributed by atoms with van der Waals surface area (Å²) in [6, 6.07) is 16.4. The highest BCUT2D eigenvalue weighted by atomic mass is 32.2. The van der Waals surface area contributed by atoms with Crippen LogP contribution < -0.4 is 10.1 Å². The van der Waals surface area contributed by atoms with Gasteiger partial charge >= 0.3 is 0 Å². The third-order valence-corrected chi connectivity index (χ3v) is 6.73. The summed E-state index contributed by atoms with van der Waals surface area (Å²) in [6.07, 6.45) is 0. The van der Waals surface area contributed by atoms with Crippen molar-refractivity contribution in [3.8, 4) is 17.0 Å². The van der Waals surface area contributed by atoms with Gasteiger partial charge in [-0.3, -0.25) is 0 Å². The summed E-state index contributed by atoms with van der Waals surface area (Å²) in [7, 11) is -2.05. The Labute approximate surface area is 177 Å². The maximum atomic E-state index is 12.9. The molecule has 0 saturated carbocycles. The Bertz CT molecular complexity index is 1110. The third kappa shape index (κ3) is 4.60. The number of sulfonamides is 1. The normalized spacial score (nSPS) is 11.5. The second-order valence-electron chi connectivity index (χ2n) is 6.63. The monoisotopic (exact) mass is 426 g/mol. The van der Waals surface area contributed by atoms with Crippen molar-refractivity contribution in [2.45, 2.75) is 25.7 Å². The molecule has 0 atom stereocenters. The van der Waals surface area contributed by atoms with E-state index in [1.54, 1.807) is 25.3 Å². The molecule has 7 nitrogen and oxygen atoms in total. The summed E-state index contributed by atoms with van der Waals surface area (Å²) in [5.74, 6) is 1.67. The lowest BCUT2D eigenvalue weighted by molar-refractivity contribution is 0.416. The maximum absolute atomic E-state index is 12.9. The van der Waals surface area contributed by atoms with E-state index in [0.29, 0.717) is 36.2 Å². The van der Waals surface area contributed by atoms with Gasteiger partial charge in [-0.2, -0.15) is 4.31 Å². The topological polar surface area (TPSA) is 84.4 Å². The molecule has 0 aliphatic heterocycles. The number of aryl methyl sites for hydroxylation is 1. The summed E-state index contributed by atoms with van der Waals surface area (Å²) in [5, 5.41) is 3.20. The number of benzene rings is 2. The number of aromatic nitrogens is 2. The zero-order chi connectivity index (χ0) is 21.7. The van der Waals surface area contributed by atoms with Crippen molar-refractivity contribution in [3.63, 3.8) is 0 Å². The number of nitrogens with one attached hydrogen (secondary N) is 1. The summed E-state index contributed by atoms with van der Waals surface area (Å²) in [4.78, 5) is 9.15. The highest BCUT2D eigenvalue weighted by Gasteiger charge is 2.23. The highest BCUT2D eigenvalue weighted by Crippen LogP contribution is 2.32. The van der Waals surface area contributed by atoms with Crippen LogP contribution in [0, 0.1) is 6.92 Å². The molecule has 0 saturated heterocycles. The number of anilines is 2. The zero-order valence-electron chi connectivity index (χ0n) is 17.6. The lowest BCUT2D eigenvalue weighted by Gasteiger charge is -2.20. The minimum atomic E-state index is -3.60. The molecule has 0 aliphatic rings. The zero-order valence-corrected chi connectivity index (χ0v) is 18.4. The Morgan fingerprint density at radius 1 is 1.00 bits per heavy atom. The van der Waals surface area contributed by atoms with Gasteiger partial charge in [-0.05, 0) is 25.1 Å². The van der Waals surface area contributed by atoms with Crippen molar-refractivity contribution in [1.82, 2.24) is 14.3 Å². The number of nitrogens with zero attached hydrogens (tertiary/aromatic N) is 3. The van der Waals surface area contributed by atoms with E-state index in [-0.39, 0.29) is 4.90 Å². The number of hydrogen-bond donors (Lipinski definition) is 1. The number of ether oxygens (including phenoxy) is 1. The summed E-state index contributed by atoms with van der Waals surface area (Å²) >= 11 is 0. The van der Waals surface area contributed by atoms with Gasteiger partial charge in [0.15, 0.2) is 0 Å². The molecular formula is C22H26N4O3S. The van der Waals surface area contributed by atoms with Gasteiger partial charge in [-0.15, -0.1) is 0 Å². The predicted molar refractivity (Wildman–Crippen MR) is 119 cm³/mol. The van der Waals surface area contributed by atoms with Gasteiger partial charge in [0.2, 0.25) is 10.0 Å². The van der Waals surface area contributed by atoms with Crippen molar-refractivity contribution in [1.29, 1.82) is 0 Å². The molecule has 158 valence electrons. The van der Waals surface area contributed by atoms with Crippen LogP contribution in [0.1, 0.15) is 19.7 Å². The molecule has 8 heteroatoms. The van der Waals surface area contributed by atoms with Crippen LogP contribution in [0.15, 0.2) is 59.5 Å². The van der Waals surface area contributed by atoms with Crippen LogP contribution in [-0.2, 0) is 10.0 Å². The van der Waals surface area contributed by atoms with E-state index in [2.05, 4.69) is 15.3 Å². The van der Waals surface area contributed by atoms with E-state index >= 15 is 0 Å². The molecular weight excluding hydrogens is 400 g/mol. The fourth-order valence-corrected chi connectivity index (χ4v) is 4.67. The van der Waals surface area contributed by atoms with Gasteiger partial charge in [0.25, 0.3) is 0 Å². The van der Waals surface area contributed by atoms with Crippen LogP contribution in [0.5, 0.6) is 5.75 Å². The molecule has 0 unspecified atom stereocenters. The Hall–Kier alpha value is -2.97. The van der Waals surface area contributed by atoms with Gasteiger partial charge in [0.1, 0.15) is 17.4 Å². The number of hydrogen-bond acceptors (Lipinski definition) is 6. The van der Waals surface area contributed by atoms with Gasteiger partial charge in [-0.25, -0.2) is 18.4 Å². The first-order valence-corrected chi connectivity index (χ1v) is 11.2. The average molecular weight is 427 g/mol. The molecule has 1 N–H and O–H groups in total. The SMILES string of the molecule is CCN(CC)S(=O)(=O)c1ccc(OC)c(Nc2cc(-c3ccccc3)nc(C)n2)c1. The average Bonchev–Trinajstić information content (AvgIpc) is 2.74. The highest BCUT2D eigenvalue weighted by molar-refractivity contribution is 7.89. The molecule has 0 aliphatic carbocycles. The quantitative estimate of drug-likeness (QED) is 0.580. The van der Waals surface area contributed by atoms with Gasteiger partial charge < -0.3 is 10.1 Å². The summed E-state index contributed by atoms with van der Waals surface area (Å²) in [6.45, 7) is 6.26. The van der Waals surface area contributed by atoms with Crippen LogP contribution in [0.25, 0.3) is 11.3 Å². The van der Waals surface area contributed by atoms with Crippen LogP contribution in [0.4, 0.5) is 11.5 Å². The molecule has 1 heterocycles. The second-order valence-corrected chi connectivity index (χ2v) is 8.57. The van der Waals surface area contributed by atoms with Crippen molar-refractivity contribution < 1.29 is 13.2 Å². The minimum Gasteiger partial charge on any atom is -0.495 e. The third-order valence-electron chi connectivity index (χ3n) is 4.68. The van der Waals surface area contributed by atoms with Crippen LogP contribution in [0.3, 0.4) is 0 Å². The molecule has 0 spiro atoms. The summed E-state index contributed by atoms with van der Waals surface area (Å²) < 4.78 is 32.7. The number of methoxy groups -OCH3 is 1. The molecule has 3 rings (SSSR count). The van der Waals surface area contributed by atoms with Crippen molar-refractivity contribution in [2.24, 2.45) is 0 Å². The van der Waals surface area contributed by atoms with Crippen molar-refractivity contribution >= 4 is 21.5 Å². The Morgan fingerprint density at radius 3 is 2.33 bits per heavy atom. The van der Waals surface area contributed by atoms with E-state index in [1.807, 2.05) is 57.2 Å². The first-order chi connectivity index (χ1) is 14.4. The number of rotatable bonds is 8. The Kier molecular flexibility index (Phi) is 6.69. The minimum absolute atomic E-state index is 0.198. The lowest BCUT2D eigenvalue weighted by atomic mass is 10.1. The second kappa shape index (κ2) is 9.23. The van der Waals surface area contributed by atoms with Gasteiger partial charge in [0, 0.05) is 24.7 Å². The lowest BCUT2D eigenvalue weighted by Crippen LogP contribution is -2.30. The molecule has 3 aromatic rings. The van der Waals surface area contributed by atoms with Crippen molar-refractivity contribution in [2.75, 3.05) is 25.5 Å². The summed E-state index contributed by atoms with van der Waals surface area (Å²) in [5.41, 5.74) is 2.26. The van der Waals surface area contributed by atoms with E-state index in [4.69, 9.17) is 4.74 Å². The molecule has 0 amide bonds. The fourth-order valence-electron chi connectivity index (χ4n) is 3.18. The Balaban J connectivity index is 2.01. The standard InChI is InChI=1S/C22H26N4O3S/c1-5-26(6-2)30(27,28)18-12-13-21(29-4)20(14-18)25-22-15-19(23-16(3)24-22)17-10-8-7-9-11-17/h7-15H,5-6H2,1-4H3,(H,23,24,25). The molecule has 0 bridgehead atoms. The van der Waals surface area contributed by atoms with Gasteiger partial charge in [-0.1, -0.05) is 44.2 Å². The Morgan fingerprint density at radius 2 is 1.70 bits per heavy atom. The van der Waals surface area contributed by atoms with E-state index < -0.39 is 10.0 Å². The molecule has 0 radical (unpaired) electrons. The first-order valence-electron chi connectivity index (χ1n) is 9.75. The van der Waals surface area contributed by atoms with Crippen LogP contribution in [-0.4, -0.2) is 42.9 Å². The van der Waals surface area contributed by atoms with Gasteiger partial charge in [0.05, 0.1) is 23.4 Å². The smallest absolute Gasteiger partial charge is 0.243 e. The molecule has 0 fully saturated rings. The van der Waals surface area contributed by atoms with E-state index in [0.717, 1.165) is 11.3 Å². The van der Waals surface area contributed by atoms with E-state index in [9.17, 15) is 8.42 Å². The first kappa shape index (κ1) is 21.7. The predicted octanol–water partition coefficient (Wildman–Crippen LogP) is 4.23. The van der Waals surface area contributed by atoms with E-state index in [1.165, 1.54) is 4.31 Å². The molecule has 30 heavy (non-hydrogen) atoms. The van der Waals surface area contributed by atoms with Crippen molar-refractivity contribution in [3.05, 3.63) is 60.4 Å². The molecule has 2 aromatic carbocycles. The van der Waals surface area contributed by atoms with Crippen LogP contribution >= 0.6 is 0 Å². The maximum Gasteiger partial charge on any atom is 0.243 e. The largest absolute Gasteiger partial charge is 0.495 e. The molecule has 1 aromatic heterocycles. The van der Waals surface area contributed by atoms with Crippen LogP contribution in [0.2, 0.25) is 0 Å².